The summed E-state index contributed by atoms with van der Waals surface area (Å²) in [5, 5.41) is 10.8. The second kappa shape index (κ2) is 11.7. The Hall–Kier alpha value is -3.46. The van der Waals surface area contributed by atoms with Gasteiger partial charge in [-0.2, -0.15) is 0 Å². The second-order valence-electron chi connectivity index (χ2n) is 7.84. The fourth-order valence-electron chi connectivity index (χ4n) is 3.53. The number of amidine groups is 1. The summed E-state index contributed by atoms with van der Waals surface area (Å²) in [6.07, 6.45) is 1.76. The largest absolute Gasteiger partial charge is 0.493 e. The van der Waals surface area contributed by atoms with E-state index in [1.165, 1.54) is 23.9 Å². The van der Waals surface area contributed by atoms with Crippen molar-refractivity contribution in [2.24, 2.45) is 4.99 Å². The highest BCUT2D eigenvalue weighted by Crippen LogP contribution is 2.36. The molecule has 0 radical (unpaired) electrons. The van der Waals surface area contributed by atoms with Crippen LogP contribution in [0, 0.1) is 0 Å². The minimum Gasteiger partial charge on any atom is -0.493 e. The molecule has 1 heterocycles. The number of likely N-dealkylation sites (N-methyl/N-ethyl adjacent to an activating group) is 1. The van der Waals surface area contributed by atoms with Crippen molar-refractivity contribution in [2.45, 2.75) is 13.5 Å². The molecular weight excluding hydrogens is 535 g/mol. The first-order valence-electron chi connectivity index (χ1n) is 11.2. The molecule has 0 saturated carbocycles. The van der Waals surface area contributed by atoms with Gasteiger partial charge in [-0.3, -0.25) is 9.69 Å². The third-order valence-corrected chi connectivity index (χ3v) is 7.00. The number of thioether (sulfide) groups is 1. The SMILES string of the molecule is CCN1C(=O)C(=Cc2ccc(OCc3ccc(Cl)cc3Cl)c(OC)c2)SC1=Nc1cccc(C(=O)O)c1. The first kappa shape index (κ1) is 26.6. The van der Waals surface area contributed by atoms with E-state index in [9.17, 15) is 14.7 Å². The van der Waals surface area contributed by atoms with Crippen LogP contribution < -0.4 is 9.47 Å². The van der Waals surface area contributed by atoms with Crippen molar-refractivity contribution < 1.29 is 24.2 Å². The molecule has 10 heteroatoms. The maximum atomic E-state index is 13.0. The lowest BCUT2D eigenvalue weighted by Gasteiger charge is -2.13. The van der Waals surface area contributed by atoms with Crippen LogP contribution >= 0.6 is 35.0 Å². The van der Waals surface area contributed by atoms with Gasteiger partial charge < -0.3 is 14.6 Å². The predicted molar refractivity (Wildman–Crippen MR) is 147 cm³/mol. The zero-order valence-electron chi connectivity index (χ0n) is 19.9. The topological polar surface area (TPSA) is 88.4 Å². The van der Waals surface area contributed by atoms with Crippen LogP contribution in [0.5, 0.6) is 11.5 Å². The van der Waals surface area contributed by atoms with E-state index in [1.54, 1.807) is 60.6 Å². The number of rotatable bonds is 8. The summed E-state index contributed by atoms with van der Waals surface area (Å²) in [5.41, 5.74) is 2.11. The molecule has 1 saturated heterocycles. The molecule has 0 unspecified atom stereocenters. The van der Waals surface area contributed by atoms with Gasteiger partial charge in [-0.1, -0.05) is 41.4 Å². The van der Waals surface area contributed by atoms with Gasteiger partial charge in [-0.15, -0.1) is 0 Å². The number of carbonyl (C=O) groups excluding carboxylic acids is 1. The normalized spacial score (nSPS) is 15.5. The Balaban J connectivity index is 1.55. The number of methoxy groups -OCH3 is 1. The van der Waals surface area contributed by atoms with E-state index in [2.05, 4.69) is 4.99 Å². The number of hydrogen-bond donors (Lipinski definition) is 1. The monoisotopic (exact) mass is 556 g/mol. The van der Waals surface area contributed by atoms with Crippen LogP contribution in [-0.2, 0) is 11.4 Å². The molecule has 190 valence electrons. The van der Waals surface area contributed by atoms with Crippen molar-refractivity contribution in [1.82, 2.24) is 4.90 Å². The highest BCUT2D eigenvalue weighted by molar-refractivity contribution is 8.18. The lowest BCUT2D eigenvalue weighted by molar-refractivity contribution is -0.122. The van der Waals surface area contributed by atoms with Gasteiger partial charge in [0.2, 0.25) is 0 Å². The number of carbonyl (C=O) groups is 2. The Labute approximate surface area is 228 Å². The highest BCUT2D eigenvalue weighted by Gasteiger charge is 2.32. The molecule has 1 aliphatic rings. The van der Waals surface area contributed by atoms with E-state index in [0.717, 1.165) is 11.1 Å². The maximum absolute atomic E-state index is 13.0. The number of carboxylic acids is 1. The fraction of sp³-hybridized carbons (Fsp3) is 0.148. The first-order valence-corrected chi connectivity index (χ1v) is 12.7. The summed E-state index contributed by atoms with van der Waals surface area (Å²) in [4.78, 5) is 30.9. The quantitative estimate of drug-likeness (QED) is 0.303. The number of aliphatic imine (C=N–C) groups is 1. The minimum absolute atomic E-state index is 0.128. The second-order valence-corrected chi connectivity index (χ2v) is 9.70. The van der Waals surface area contributed by atoms with E-state index in [-0.39, 0.29) is 18.1 Å². The Bertz CT molecular complexity index is 1420. The van der Waals surface area contributed by atoms with Crippen molar-refractivity contribution in [1.29, 1.82) is 0 Å². The van der Waals surface area contributed by atoms with Gasteiger partial charge in [0.25, 0.3) is 5.91 Å². The van der Waals surface area contributed by atoms with E-state index >= 15 is 0 Å². The maximum Gasteiger partial charge on any atom is 0.335 e. The number of benzene rings is 3. The molecule has 0 atom stereocenters. The Kier molecular flexibility index (Phi) is 8.43. The van der Waals surface area contributed by atoms with Gasteiger partial charge in [-0.05, 0) is 72.8 Å². The summed E-state index contributed by atoms with van der Waals surface area (Å²) >= 11 is 13.4. The minimum atomic E-state index is -1.04. The van der Waals surface area contributed by atoms with Crippen LogP contribution in [0.1, 0.15) is 28.4 Å². The molecule has 0 spiro atoms. The lowest BCUT2D eigenvalue weighted by atomic mass is 10.1. The molecule has 0 aromatic heterocycles. The van der Waals surface area contributed by atoms with E-state index in [4.69, 9.17) is 32.7 Å². The van der Waals surface area contributed by atoms with Crippen LogP contribution in [0.25, 0.3) is 6.08 Å². The molecule has 3 aromatic carbocycles. The molecule has 0 bridgehead atoms. The number of hydrogen-bond acceptors (Lipinski definition) is 6. The number of halogens is 2. The smallest absolute Gasteiger partial charge is 0.335 e. The first-order chi connectivity index (χ1) is 17.8. The van der Waals surface area contributed by atoms with Gasteiger partial charge in [0.15, 0.2) is 16.7 Å². The summed E-state index contributed by atoms with van der Waals surface area (Å²) < 4.78 is 11.4. The Morgan fingerprint density at radius 3 is 2.62 bits per heavy atom. The molecule has 1 N–H and O–H groups in total. The van der Waals surface area contributed by atoms with E-state index < -0.39 is 5.97 Å². The predicted octanol–water partition coefficient (Wildman–Crippen LogP) is 6.90. The third-order valence-electron chi connectivity index (χ3n) is 5.41. The molecular formula is C27H22Cl2N2O5S. The molecule has 0 aliphatic carbocycles. The Morgan fingerprint density at radius 2 is 1.92 bits per heavy atom. The number of carboxylic acid groups (broad SMARTS) is 1. The molecule has 4 rings (SSSR count). The van der Waals surface area contributed by atoms with Crippen molar-refractivity contribution >= 4 is 63.8 Å². The van der Waals surface area contributed by atoms with Crippen molar-refractivity contribution in [2.75, 3.05) is 13.7 Å². The average Bonchev–Trinajstić information content (AvgIpc) is 3.17. The van der Waals surface area contributed by atoms with Crippen LogP contribution in [0.15, 0.2) is 70.6 Å². The van der Waals surface area contributed by atoms with E-state index in [1.807, 2.05) is 13.0 Å². The Morgan fingerprint density at radius 1 is 1.11 bits per heavy atom. The van der Waals surface area contributed by atoms with Gasteiger partial charge in [0.1, 0.15) is 6.61 Å². The molecule has 7 nitrogen and oxygen atoms in total. The molecule has 1 amide bonds. The molecule has 37 heavy (non-hydrogen) atoms. The van der Waals surface area contributed by atoms with Gasteiger partial charge in [0, 0.05) is 22.2 Å². The number of aromatic carboxylic acids is 1. The number of amides is 1. The molecule has 3 aromatic rings. The third kappa shape index (κ3) is 6.28. The number of ether oxygens (including phenoxy) is 2. The highest BCUT2D eigenvalue weighted by atomic mass is 35.5. The van der Waals surface area contributed by atoms with Crippen LogP contribution in [0.3, 0.4) is 0 Å². The fourth-order valence-corrected chi connectivity index (χ4v) is 5.05. The summed E-state index contributed by atoms with van der Waals surface area (Å²) in [6.45, 7) is 2.51. The van der Waals surface area contributed by atoms with Gasteiger partial charge in [0.05, 0.1) is 23.3 Å². The lowest BCUT2D eigenvalue weighted by Crippen LogP contribution is -2.28. The number of nitrogens with zero attached hydrogens (tertiary/aromatic N) is 2. The van der Waals surface area contributed by atoms with Gasteiger partial charge in [-0.25, -0.2) is 9.79 Å². The van der Waals surface area contributed by atoms with Crippen molar-refractivity contribution in [3.8, 4) is 11.5 Å². The van der Waals surface area contributed by atoms with Crippen LogP contribution in [0.2, 0.25) is 10.0 Å². The van der Waals surface area contributed by atoms with Crippen molar-refractivity contribution in [3.05, 3.63) is 92.3 Å². The average molecular weight is 557 g/mol. The zero-order valence-corrected chi connectivity index (χ0v) is 22.2. The summed E-state index contributed by atoms with van der Waals surface area (Å²) in [7, 11) is 1.54. The molecule has 1 aliphatic heterocycles. The zero-order chi connectivity index (χ0) is 26.5. The van der Waals surface area contributed by atoms with Crippen molar-refractivity contribution in [3.63, 3.8) is 0 Å². The standard InChI is InChI=1S/C27H22Cl2N2O5S/c1-3-31-25(32)24(37-27(31)30-20-6-4-5-17(13-20)26(33)34)12-16-7-10-22(23(11-16)35-2)36-15-18-8-9-19(28)14-21(18)29/h4-14H,3,15H2,1-2H3,(H,33,34). The summed E-state index contributed by atoms with van der Waals surface area (Å²) in [5.74, 6) is -0.196. The van der Waals surface area contributed by atoms with E-state index in [0.29, 0.717) is 43.8 Å². The molecule has 1 fully saturated rings. The summed E-state index contributed by atoms with van der Waals surface area (Å²) in [6, 6.07) is 16.8. The van der Waals surface area contributed by atoms with Crippen LogP contribution in [0.4, 0.5) is 5.69 Å². The van der Waals surface area contributed by atoms with Gasteiger partial charge >= 0.3 is 5.97 Å². The van der Waals surface area contributed by atoms with Crippen LogP contribution in [-0.4, -0.2) is 40.7 Å².